The number of hydrogen-bond donors (Lipinski definition) is 1. The number of aromatic carboxylic acids is 1. The number of nitrogens with zero attached hydrogens (tertiary/aromatic N) is 2. The van der Waals surface area contributed by atoms with Gasteiger partial charge in [-0.15, -0.1) is 0 Å². The fraction of sp³-hybridized carbons (Fsp3) is 0.516. The maximum atomic E-state index is 11.1. The molecule has 3 aliphatic rings. The number of ether oxygens (including phenoxy) is 1. The van der Waals surface area contributed by atoms with Crippen LogP contribution in [0, 0.1) is 5.41 Å². The first-order chi connectivity index (χ1) is 17.7. The van der Waals surface area contributed by atoms with E-state index in [-0.39, 0.29) is 0 Å². The van der Waals surface area contributed by atoms with Crippen LogP contribution in [-0.2, 0) is 4.74 Å². The highest BCUT2D eigenvalue weighted by Gasteiger charge is 2.29. The van der Waals surface area contributed by atoms with Crippen molar-refractivity contribution in [1.82, 2.24) is 4.90 Å². The molecule has 0 radical (unpaired) electrons. The summed E-state index contributed by atoms with van der Waals surface area (Å²) in [5, 5.41) is 9.89. The highest BCUT2D eigenvalue weighted by atomic mass is 35.5. The van der Waals surface area contributed by atoms with Crippen LogP contribution in [0.25, 0.3) is 5.57 Å². The first-order valence-corrected chi connectivity index (χ1v) is 14.0. The summed E-state index contributed by atoms with van der Waals surface area (Å²) in [6.07, 6.45) is 6.56. The molecule has 1 N–H and O–H groups in total. The lowest BCUT2D eigenvalue weighted by Crippen LogP contribution is -2.47. The fourth-order valence-corrected chi connectivity index (χ4v) is 5.68. The van der Waals surface area contributed by atoms with Gasteiger partial charge in [-0.2, -0.15) is 0 Å². The molecule has 0 bridgehead atoms. The Bertz CT molecular complexity index is 1060. The number of allylic oxidation sites excluding steroid dienone is 1. The van der Waals surface area contributed by atoms with Crippen molar-refractivity contribution in [2.75, 3.05) is 44.2 Å². The number of carboxylic acid groups (broad SMARTS) is 1. The van der Waals surface area contributed by atoms with E-state index >= 15 is 0 Å². The van der Waals surface area contributed by atoms with Crippen LogP contribution >= 0.6 is 11.6 Å². The van der Waals surface area contributed by atoms with Crippen LogP contribution in [0.15, 0.2) is 54.1 Å². The molecule has 0 saturated carbocycles. The molecule has 0 aromatic heterocycles. The monoisotopic (exact) mass is 524 g/mol. The second-order valence-electron chi connectivity index (χ2n) is 11.4. The molecular weight excluding hydrogens is 484 g/mol. The Morgan fingerprint density at radius 2 is 1.73 bits per heavy atom. The predicted molar refractivity (Wildman–Crippen MR) is 153 cm³/mol. The Labute approximate surface area is 227 Å². The van der Waals surface area contributed by atoms with Crippen molar-refractivity contribution < 1.29 is 14.6 Å². The van der Waals surface area contributed by atoms with E-state index < -0.39 is 5.97 Å². The fourth-order valence-electron chi connectivity index (χ4n) is 5.55. The van der Waals surface area contributed by atoms with Gasteiger partial charge >= 0.3 is 5.97 Å². The molecule has 1 aliphatic carbocycles. The van der Waals surface area contributed by atoms with E-state index in [1.54, 1.807) is 17.7 Å². The lowest BCUT2D eigenvalue weighted by Gasteiger charge is -2.39. The summed E-state index contributed by atoms with van der Waals surface area (Å²) in [5.41, 5.74) is 6.17. The van der Waals surface area contributed by atoms with E-state index in [1.165, 1.54) is 30.4 Å². The van der Waals surface area contributed by atoms with Crippen molar-refractivity contribution >= 4 is 28.8 Å². The summed E-state index contributed by atoms with van der Waals surface area (Å²) in [6, 6.07) is 15.5. The summed E-state index contributed by atoms with van der Waals surface area (Å²) in [5.74, 6) is -0.878. The number of anilines is 1. The van der Waals surface area contributed by atoms with Crippen LogP contribution < -0.4 is 4.90 Å². The highest BCUT2D eigenvalue weighted by Crippen LogP contribution is 2.42. The van der Waals surface area contributed by atoms with Crippen molar-refractivity contribution in [2.24, 2.45) is 5.41 Å². The first-order valence-electron chi connectivity index (χ1n) is 13.6. The molecule has 2 aromatic rings. The third-order valence-corrected chi connectivity index (χ3v) is 8.04. The predicted octanol–water partition coefficient (Wildman–Crippen LogP) is 7.01. The number of carbonyl (C=O) groups is 1. The third kappa shape index (κ3) is 7.83. The lowest BCUT2D eigenvalue weighted by molar-refractivity contribution is 0.0697. The van der Waals surface area contributed by atoms with Gasteiger partial charge in [-0.1, -0.05) is 43.2 Å². The topological polar surface area (TPSA) is 53.0 Å². The number of piperazine rings is 1. The summed E-state index contributed by atoms with van der Waals surface area (Å²) in [7, 11) is 0. The normalized spacial score (nSPS) is 21.9. The number of halogens is 1. The number of benzene rings is 2. The van der Waals surface area contributed by atoms with Crippen LogP contribution in [0.1, 0.15) is 68.8 Å². The minimum Gasteiger partial charge on any atom is -0.478 e. The van der Waals surface area contributed by atoms with Crippen LogP contribution in [-0.4, -0.2) is 61.4 Å². The second kappa shape index (κ2) is 12.5. The van der Waals surface area contributed by atoms with Gasteiger partial charge in [0.25, 0.3) is 0 Å². The van der Waals surface area contributed by atoms with Crippen molar-refractivity contribution in [3.05, 3.63) is 70.3 Å². The Kier molecular flexibility index (Phi) is 9.33. The molecule has 2 aliphatic heterocycles. The van der Waals surface area contributed by atoms with Crippen LogP contribution in [0.4, 0.5) is 5.69 Å². The van der Waals surface area contributed by atoms with E-state index in [2.05, 4.69) is 42.7 Å². The first kappa shape index (κ1) is 27.7. The quantitative estimate of drug-likeness (QED) is 0.456. The average molecular weight is 525 g/mol. The van der Waals surface area contributed by atoms with Crippen molar-refractivity contribution in [3.63, 3.8) is 0 Å². The Morgan fingerprint density at radius 1 is 1.05 bits per heavy atom. The third-order valence-electron chi connectivity index (χ3n) is 7.79. The summed E-state index contributed by atoms with van der Waals surface area (Å²) in [6.45, 7) is 12.8. The minimum absolute atomic E-state index is 0.337. The van der Waals surface area contributed by atoms with E-state index in [0.29, 0.717) is 17.1 Å². The van der Waals surface area contributed by atoms with Crippen LogP contribution in [0.3, 0.4) is 0 Å². The van der Waals surface area contributed by atoms with Gasteiger partial charge < -0.3 is 14.7 Å². The maximum Gasteiger partial charge on any atom is 0.335 e. The van der Waals surface area contributed by atoms with Crippen LogP contribution in [0.5, 0.6) is 0 Å². The Hall–Kier alpha value is -2.34. The average Bonchev–Trinajstić information content (AvgIpc) is 3.36. The smallest absolute Gasteiger partial charge is 0.335 e. The van der Waals surface area contributed by atoms with Gasteiger partial charge in [0, 0.05) is 50.0 Å². The van der Waals surface area contributed by atoms with E-state index in [4.69, 9.17) is 21.4 Å². The SMILES string of the molecule is CC1(C)CCC(c2ccc(Cl)cc2)=C(CN2CCN(c3ccc(C(=O)O)cc3)CC2)C1.CC1CCCO1. The van der Waals surface area contributed by atoms with E-state index in [1.807, 2.05) is 24.3 Å². The largest absolute Gasteiger partial charge is 0.478 e. The highest BCUT2D eigenvalue weighted by molar-refractivity contribution is 6.30. The van der Waals surface area contributed by atoms with Gasteiger partial charge in [0.15, 0.2) is 0 Å². The molecular formula is C31H41ClN2O3. The molecule has 0 amide bonds. The molecule has 37 heavy (non-hydrogen) atoms. The second-order valence-corrected chi connectivity index (χ2v) is 11.8. The van der Waals surface area contributed by atoms with Crippen LogP contribution in [0.2, 0.25) is 5.02 Å². The number of carboxylic acids is 1. The van der Waals surface area contributed by atoms with Crippen molar-refractivity contribution in [1.29, 1.82) is 0 Å². The van der Waals surface area contributed by atoms with Gasteiger partial charge in [0.05, 0.1) is 11.7 Å². The lowest BCUT2D eigenvalue weighted by atomic mass is 9.73. The van der Waals surface area contributed by atoms with E-state index in [0.717, 1.165) is 62.9 Å². The zero-order valence-corrected chi connectivity index (χ0v) is 23.3. The Balaban J connectivity index is 0.000000469. The van der Waals surface area contributed by atoms with Crippen molar-refractivity contribution in [3.8, 4) is 0 Å². The summed E-state index contributed by atoms with van der Waals surface area (Å²) in [4.78, 5) is 16.0. The molecule has 5 rings (SSSR count). The maximum absolute atomic E-state index is 11.1. The molecule has 1 atom stereocenters. The van der Waals surface area contributed by atoms with Crippen molar-refractivity contribution in [2.45, 2.75) is 59.0 Å². The molecule has 2 saturated heterocycles. The van der Waals surface area contributed by atoms with Gasteiger partial charge in [-0.3, -0.25) is 4.90 Å². The molecule has 6 heteroatoms. The summed E-state index contributed by atoms with van der Waals surface area (Å²) >= 11 is 6.12. The summed E-state index contributed by atoms with van der Waals surface area (Å²) < 4.78 is 5.15. The zero-order valence-electron chi connectivity index (χ0n) is 22.5. The minimum atomic E-state index is -0.878. The molecule has 2 fully saturated rings. The molecule has 2 aromatic carbocycles. The van der Waals surface area contributed by atoms with Gasteiger partial charge in [0.1, 0.15) is 0 Å². The zero-order chi connectivity index (χ0) is 26.4. The molecule has 200 valence electrons. The molecule has 2 heterocycles. The van der Waals surface area contributed by atoms with Gasteiger partial charge in [0.2, 0.25) is 0 Å². The van der Waals surface area contributed by atoms with Gasteiger partial charge in [-0.05, 0) is 92.0 Å². The van der Waals surface area contributed by atoms with E-state index in [9.17, 15) is 4.79 Å². The molecule has 1 unspecified atom stereocenters. The number of hydrogen-bond acceptors (Lipinski definition) is 4. The Morgan fingerprint density at radius 3 is 2.27 bits per heavy atom. The standard InChI is InChI=1S/C26H31ClN2O2.C5H10O/c1-26(2)12-11-24(19-3-7-22(27)8-4-19)21(17-26)18-28-13-15-29(16-14-28)23-9-5-20(6-10-23)25(30)31;1-5-3-2-4-6-5/h3-10H,11-18H2,1-2H3,(H,30,31);5H,2-4H2,1H3. The molecule has 0 spiro atoms. The van der Waals surface area contributed by atoms with Gasteiger partial charge in [-0.25, -0.2) is 4.79 Å². The number of rotatable bonds is 5. The molecule has 5 nitrogen and oxygen atoms in total.